The minimum Gasteiger partial charge on any atom is -0.343 e. The van der Waals surface area contributed by atoms with Crippen LogP contribution < -0.4 is 0 Å². The third-order valence-corrected chi connectivity index (χ3v) is 5.36. The van der Waals surface area contributed by atoms with Gasteiger partial charge in [0.1, 0.15) is 4.99 Å². The summed E-state index contributed by atoms with van der Waals surface area (Å²) < 4.78 is 0. The molecule has 0 unspecified atom stereocenters. The quantitative estimate of drug-likeness (QED) is 0.539. The Balaban J connectivity index is 1.93. The molecule has 0 bridgehead atoms. The number of amides is 2. The molecule has 1 aliphatic heterocycles. The SMILES string of the molecule is CCN(CC)C(=O)CCCN1C(=O)SC(=Cc2ccccc2)C1=S. The molecule has 128 valence electrons. The normalized spacial score (nSPS) is 16.1. The summed E-state index contributed by atoms with van der Waals surface area (Å²) in [6.45, 7) is 5.87. The molecule has 1 aromatic rings. The molecule has 1 fully saturated rings. The van der Waals surface area contributed by atoms with E-state index in [0.29, 0.717) is 24.4 Å². The summed E-state index contributed by atoms with van der Waals surface area (Å²) in [5.41, 5.74) is 1.02. The van der Waals surface area contributed by atoms with E-state index in [-0.39, 0.29) is 11.1 Å². The first kappa shape index (κ1) is 18.7. The third-order valence-electron chi connectivity index (χ3n) is 3.86. The van der Waals surface area contributed by atoms with Crippen molar-refractivity contribution in [3.63, 3.8) is 0 Å². The van der Waals surface area contributed by atoms with Crippen molar-refractivity contribution in [3.05, 3.63) is 40.8 Å². The van der Waals surface area contributed by atoms with E-state index in [9.17, 15) is 9.59 Å². The average Bonchev–Trinajstić information content (AvgIpc) is 2.84. The van der Waals surface area contributed by atoms with E-state index in [1.807, 2.05) is 50.3 Å². The average molecular weight is 363 g/mol. The van der Waals surface area contributed by atoms with E-state index >= 15 is 0 Å². The Hall–Kier alpha value is -1.66. The molecule has 4 nitrogen and oxygen atoms in total. The molecule has 0 spiro atoms. The van der Waals surface area contributed by atoms with E-state index in [4.69, 9.17) is 12.2 Å². The van der Waals surface area contributed by atoms with Crippen LogP contribution in [0, 0.1) is 0 Å². The molecule has 24 heavy (non-hydrogen) atoms. The zero-order valence-electron chi connectivity index (χ0n) is 14.0. The molecule has 2 rings (SSSR count). The highest BCUT2D eigenvalue weighted by Gasteiger charge is 2.31. The molecule has 0 N–H and O–H groups in total. The maximum Gasteiger partial charge on any atom is 0.291 e. The lowest BCUT2D eigenvalue weighted by Gasteiger charge is -2.19. The number of benzene rings is 1. The first-order valence-electron chi connectivity index (χ1n) is 8.15. The molecule has 0 radical (unpaired) electrons. The molecule has 0 atom stereocenters. The lowest BCUT2D eigenvalue weighted by molar-refractivity contribution is -0.130. The van der Waals surface area contributed by atoms with Gasteiger partial charge in [-0.1, -0.05) is 42.5 Å². The number of thioether (sulfide) groups is 1. The summed E-state index contributed by atoms with van der Waals surface area (Å²) in [7, 11) is 0. The van der Waals surface area contributed by atoms with E-state index in [2.05, 4.69) is 0 Å². The van der Waals surface area contributed by atoms with Crippen molar-refractivity contribution in [1.82, 2.24) is 9.80 Å². The largest absolute Gasteiger partial charge is 0.343 e. The molecule has 1 aromatic carbocycles. The summed E-state index contributed by atoms with van der Waals surface area (Å²) in [5, 5.41) is -0.0579. The van der Waals surface area contributed by atoms with Gasteiger partial charge in [-0.3, -0.25) is 14.5 Å². The van der Waals surface area contributed by atoms with Crippen LogP contribution in [0.4, 0.5) is 4.79 Å². The summed E-state index contributed by atoms with van der Waals surface area (Å²) in [4.78, 5) is 29.0. The minimum absolute atomic E-state index is 0.0579. The zero-order valence-corrected chi connectivity index (χ0v) is 15.7. The standard InChI is InChI=1S/C18H22N2O2S2/c1-3-19(4-2)16(21)11-8-12-20-17(23)15(24-18(20)22)13-14-9-6-5-7-10-14/h5-7,9-10,13H,3-4,8,11-12H2,1-2H3. The van der Waals surface area contributed by atoms with Crippen LogP contribution in [-0.2, 0) is 4.79 Å². The van der Waals surface area contributed by atoms with Gasteiger partial charge in [-0.2, -0.15) is 0 Å². The smallest absolute Gasteiger partial charge is 0.291 e. The highest BCUT2D eigenvalue weighted by atomic mass is 32.2. The van der Waals surface area contributed by atoms with Crippen molar-refractivity contribution in [2.45, 2.75) is 26.7 Å². The second-order valence-corrected chi connectivity index (χ2v) is 6.79. The van der Waals surface area contributed by atoms with Gasteiger partial charge >= 0.3 is 0 Å². The Morgan fingerprint density at radius 1 is 1.25 bits per heavy atom. The monoisotopic (exact) mass is 362 g/mol. The van der Waals surface area contributed by atoms with E-state index in [1.165, 1.54) is 0 Å². The van der Waals surface area contributed by atoms with Crippen LogP contribution in [0.25, 0.3) is 6.08 Å². The van der Waals surface area contributed by atoms with E-state index in [0.717, 1.165) is 35.3 Å². The van der Waals surface area contributed by atoms with Gasteiger partial charge in [-0.15, -0.1) is 0 Å². The van der Waals surface area contributed by atoms with Crippen LogP contribution >= 0.6 is 24.0 Å². The van der Waals surface area contributed by atoms with Crippen LogP contribution in [0.3, 0.4) is 0 Å². The fraction of sp³-hybridized carbons (Fsp3) is 0.389. The van der Waals surface area contributed by atoms with Crippen molar-refractivity contribution < 1.29 is 9.59 Å². The summed E-state index contributed by atoms with van der Waals surface area (Å²) in [5.74, 6) is 0.130. The van der Waals surface area contributed by atoms with E-state index < -0.39 is 0 Å². The molecule has 0 aromatic heterocycles. The summed E-state index contributed by atoms with van der Waals surface area (Å²) in [6.07, 6.45) is 3.00. The van der Waals surface area contributed by atoms with Crippen molar-refractivity contribution in [1.29, 1.82) is 0 Å². The Labute approximate surface area is 152 Å². The molecule has 1 saturated heterocycles. The molecule has 2 amide bonds. The highest BCUT2D eigenvalue weighted by molar-refractivity contribution is 8.19. The Morgan fingerprint density at radius 3 is 2.54 bits per heavy atom. The van der Waals surface area contributed by atoms with Gasteiger partial charge < -0.3 is 4.90 Å². The number of hydrogen-bond acceptors (Lipinski definition) is 4. The number of rotatable bonds is 7. The molecule has 0 saturated carbocycles. The summed E-state index contributed by atoms with van der Waals surface area (Å²) >= 11 is 6.60. The van der Waals surface area contributed by atoms with Crippen molar-refractivity contribution in [3.8, 4) is 0 Å². The Bertz CT molecular complexity index is 640. The zero-order chi connectivity index (χ0) is 17.5. The van der Waals surface area contributed by atoms with Gasteiger partial charge in [0.2, 0.25) is 5.91 Å². The third kappa shape index (κ3) is 4.68. The first-order chi connectivity index (χ1) is 11.6. The Kier molecular flexibility index (Phi) is 6.99. The minimum atomic E-state index is -0.0579. The van der Waals surface area contributed by atoms with Crippen LogP contribution in [0.15, 0.2) is 35.2 Å². The lowest BCUT2D eigenvalue weighted by Crippen LogP contribution is -2.32. The van der Waals surface area contributed by atoms with Gasteiger partial charge in [-0.25, -0.2) is 0 Å². The maximum atomic E-state index is 12.2. The Morgan fingerprint density at radius 2 is 1.92 bits per heavy atom. The van der Waals surface area contributed by atoms with Gasteiger partial charge in [-0.05, 0) is 43.7 Å². The van der Waals surface area contributed by atoms with Crippen molar-refractivity contribution >= 4 is 46.2 Å². The maximum absolute atomic E-state index is 12.2. The topological polar surface area (TPSA) is 40.6 Å². The lowest BCUT2D eigenvalue weighted by atomic mass is 10.2. The van der Waals surface area contributed by atoms with Crippen LogP contribution in [0.2, 0.25) is 0 Å². The number of thiocarbonyl (C=S) groups is 1. The van der Waals surface area contributed by atoms with Gasteiger partial charge in [0.15, 0.2) is 0 Å². The molecular weight excluding hydrogens is 340 g/mol. The fourth-order valence-electron chi connectivity index (χ4n) is 2.52. The van der Waals surface area contributed by atoms with Crippen molar-refractivity contribution in [2.24, 2.45) is 0 Å². The second kappa shape index (κ2) is 8.99. The number of carbonyl (C=O) groups excluding carboxylic acids is 2. The highest BCUT2D eigenvalue weighted by Crippen LogP contribution is 2.33. The molecule has 1 heterocycles. The number of hydrogen-bond donors (Lipinski definition) is 0. The molecular formula is C18H22N2O2S2. The fourth-order valence-corrected chi connectivity index (χ4v) is 3.81. The first-order valence-corrected chi connectivity index (χ1v) is 9.37. The molecule has 0 aliphatic carbocycles. The molecule has 1 aliphatic rings. The predicted octanol–water partition coefficient (Wildman–Crippen LogP) is 4.17. The number of nitrogens with zero attached hydrogens (tertiary/aromatic N) is 2. The predicted molar refractivity (Wildman–Crippen MR) is 104 cm³/mol. The van der Waals surface area contributed by atoms with Crippen LogP contribution in [0.1, 0.15) is 32.3 Å². The summed E-state index contributed by atoms with van der Waals surface area (Å²) in [6, 6.07) is 9.81. The van der Waals surface area contributed by atoms with Crippen molar-refractivity contribution in [2.75, 3.05) is 19.6 Å². The van der Waals surface area contributed by atoms with Gasteiger partial charge in [0.25, 0.3) is 5.24 Å². The molecule has 6 heteroatoms. The van der Waals surface area contributed by atoms with E-state index in [1.54, 1.807) is 9.80 Å². The number of carbonyl (C=O) groups is 2. The van der Waals surface area contributed by atoms with Gasteiger partial charge in [0.05, 0.1) is 4.91 Å². The second-order valence-electron chi connectivity index (χ2n) is 5.41. The van der Waals surface area contributed by atoms with Gasteiger partial charge in [0, 0.05) is 26.1 Å². The van der Waals surface area contributed by atoms with Crippen LogP contribution in [-0.4, -0.2) is 45.6 Å². The van der Waals surface area contributed by atoms with Crippen LogP contribution in [0.5, 0.6) is 0 Å².